The van der Waals surface area contributed by atoms with Gasteiger partial charge in [0.15, 0.2) is 0 Å². The zero-order chi connectivity index (χ0) is 11.1. The Kier molecular flexibility index (Phi) is 2.00. The molecule has 0 aliphatic heterocycles. The zero-order valence-corrected chi connectivity index (χ0v) is 9.59. The van der Waals surface area contributed by atoms with Crippen LogP contribution in [0.4, 0.5) is 0 Å². The fourth-order valence-electron chi connectivity index (χ4n) is 1.71. The number of imidazole rings is 1. The van der Waals surface area contributed by atoms with E-state index in [1.54, 1.807) is 10.9 Å². The molecule has 5 heteroatoms. The van der Waals surface area contributed by atoms with Crippen LogP contribution in [0.3, 0.4) is 0 Å². The summed E-state index contributed by atoms with van der Waals surface area (Å²) in [5.41, 5.74) is 3.09. The van der Waals surface area contributed by atoms with E-state index >= 15 is 0 Å². The van der Waals surface area contributed by atoms with E-state index in [-0.39, 0.29) is 0 Å². The van der Waals surface area contributed by atoms with Crippen molar-refractivity contribution in [3.63, 3.8) is 0 Å². The summed E-state index contributed by atoms with van der Waals surface area (Å²) in [6.07, 6.45) is 7.58. The average molecular weight is 230 g/mol. The Balaban J connectivity index is 2.21. The Morgan fingerprint density at radius 3 is 2.75 bits per heavy atom. The second-order valence-electron chi connectivity index (χ2n) is 3.67. The standard InChI is InChI=1S/C11H10N4S/c1-14-6-9(4-13-14)8-2-3-10-12-5-11(16)15(10)7-8/h2-7,16H,1H3. The molecule has 0 amide bonds. The molecule has 16 heavy (non-hydrogen) atoms. The molecule has 0 aliphatic carbocycles. The second-order valence-corrected chi connectivity index (χ2v) is 4.12. The number of fused-ring (bicyclic) bond motifs is 1. The highest BCUT2D eigenvalue weighted by molar-refractivity contribution is 7.80. The van der Waals surface area contributed by atoms with Gasteiger partial charge in [-0.3, -0.25) is 9.08 Å². The normalized spacial score (nSPS) is 11.1. The van der Waals surface area contributed by atoms with E-state index in [0.29, 0.717) is 0 Å². The topological polar surface area (TPSA) is 35.1 Å². The summed E-state index contributed by atoms with van der Waals surface area (Å²) in [6, 6.07) is 4.01. The minimum atomic E-state index is 0.834. The molecule has 0 radical (unpaired) electrons. The largest absolute Gasteiger partial charge is 0.294 e. The summed E-state index contributed by atoms with van der Waals surface area (Å²) < 4.78 is 3.74. The van der Waals surface area contributed by atoms with Crippen molar-refractivity contribution < 1.29 is 0 Å². The van der Waals surface area contributed by atoms with E-state index in [1.807, 2.05) is 42.2 Å². The number of thiol groups is 1. The summed E-state index contributed by atoms with van der Waals surface area (Å²) in [5.74, 6) is 0. The molecule has 0 fully saturated rings. The van der Waals surface area contributed by atoms with E-state index in [9.17, 15) is 0 Å². The van der Waals surface area contributed by atoms with E-state index in [0.717, 1.165) is 21.8 Å². The molecule has 3 rings (SSSR count). The maximum absolute atomic E-state index is 4.35. The van der Waals surface area contributed by atoms with Gasteiger partial charge in [-0.05, 0) is 12.1 Å². The van der Waals surface area contributed by atoms with Crippen LogP contribution in [0.25, 0.3) is 16.8 Å². The van der Waals surface area contributed by atoms with Crippen molar-refractivity contribution in [2.24, 2.45) is 7.05 Å². The molecule has 0 unspecified atom stereocenters. The summed E-state index contributed by atoms with van der Waals surface area (Å²) in [4.78, 5) is 4.22. The average Bonchev–Trinajstić information content (AvgIpc) is 2.86. The third-order valence-electron chi connectivity index (χ3n) is 2.52. The molecule has 0 aliphatic rings. The molecule has 0 bridgehead atoms. The SMILES string of the molecule is Cn1cc(-c2ccc3ncc(S)n3c2)cn1. The van der Waals surface area contributed by atoms with Gasteiger partial charge in [-0.15, -0.1) is 12.6 Å². The number of aromatic nitrogens is 4. The summed E-state index contributed by atoms with van der Waals surface area (Å²) >= 11 is 4.35. The van der Waals surface area contributed by atoms with Gasteiger partial charge in [-0.2, -0.15) is 5.10 Å². The first kappa shape index (κ1) is 9.47. The molecular weight excluding hydrogens is 220 g/mol. The molecule has 0 spiro atoms. The number of aryl methyl sites for hydroxylation is 1. The van der Waals surface area contributed by atoms with Crippen LogP contribution in [0, 0.1) is 0 Å². The van der Waals surface area contributed by atoms with E-state index in [2.05, 4.69) is 22.7 Å². The molecule has 3 heterocycles. The Bertz CT molecular complexity index is 653. The summed E-state index contributed by atoms with van der Waals surface area (Å²) in [6.45, 7) is 0. The number of hydrogen-bond acceptors (Lipinski definition) is 3. The van der Waals surface area contributed by atoms with Gasteiger partial charge in [0.2, 0.25) is 0 Å². The van der Waals surface area contributed by atoms with Crippen molar-refractivity contribution in [3.8, 4) is 11.1 Å². The summed E-state index contributed by atoms with van der Waals surface area (Å²) in [7, 11) is 1.91. The van der Waals surface area contributed by atoms with Gasteiger partial charge in [0.05, 0.1) is 17.4 Å². The van der Waals surface area contributed by atoms with Crippen molar-refractivity contribution in [3.05, 3.63) is 36.9 Å². The third kappa shape index (κ3) is 1.40. The lowest BCUT2D eigenvalue weighted by molar-refractivity contribution is 0.768. The number of hydrogen-bond donors (Lipinski definition) is 1. The highest BCUT2D eigenvalue weighted by atomic mass is 32.1. The summed E-state index contributed by atoms with van der Waals surface area (Å²) in [5, 5.41) is 4.99. The number of rotatable bonds is 1. The first-order chi connectivity index (χ1) is 7.74. The van der Waals surface area contributed by atoms with Crippen molar-refractivity contribution in [2.75, 3.05) is 0 Å². The van der Waals surface area contributed by atoms with Gasteiger partial charge in [0.25, 0.3) is 0 Å². The van der Waals surface area contributed by atoms with E-state index in [4.69, 9.17) is 0 Å². The quantitative estimate of drug-likeness (QED) is 0.649. The number of nitrogens with zero attached hydrogens (tertiary/aromatic N) is 4. The van der Waals surface area contributed by atoms with Gasteiger partial charge < -0.3 is 0 Å². The minimum absolute atomic E-state index is 0.834. The Hall–Kier alpha value is -1.75. The highest BCUT2D eigenvalue weighted by Crippen LogP contribution is 2.20. The van der Waals surface area contributed by atoms with Crippen LogP contribution in [-0.4, -0.2) is 19.2 Å². The van der Waals surface area contributed by atoms with Crippen molar-refractivity contribution >= 4 is 18.3 Å². The molecule has 80 valence electrons. The smallest absolute Gasteiger partial charge is 0.137 e. The van der Waals surface area contributed by atoms with Crippen molar-refractivity contribution in [1.29, 1.82) is 0 Å². The molecule has 3 aromatic heterocycles. The van der Waals surface area contributed by atoms with Crippen LogP contribution in [0.1, 0.15) is 0 Å². The van der Waals surface area contributed by atoms with Gasteiger partial charge in [0, 0.05) is 30.6 Å². The first-order valence-corrected chi connectivity index (χ1v) is 5.34. The van der Waals surface area contributed by atoms with Crippen LogP contribution in [0.2, 0.25) is 0 Å². The van der Waals surface area contributed by atoms with Gasteiger partial charge in [0.1, 0.15) is 5.65 Å². The molecule has 3 aromatic rings. The fraction of sp³-hybridized carbons (Fsp3) is 0.0909. The molecule has 0 aromatic carbocycles. The van der Waals surface area contributed by atoms with Gasteiger partial charge in [-0.25, -0.2) is 4.98 Å². The first-order valence-electron chi connectivity index (χ1n) is 4.89. The Morgan fingerprint density at radius 1 is 1.12 bits per heavy atom. The monoisotopic (exact) mass is 230 g/mol. The molecule has 0 saturated heterocycles. The lowest BCUT2D eigenvalue weighted by Gasteiger charge is -2.00. The Morgan fingerprint density at radius 2 is 2.00 bits per heavy atom. The number of pyridine rings is 1. The predicted molar refractivity (Wildman–Crippen MR) is 64.6 cm³/mol. The molecule has 4 nitrogen and oxygen atoms in total. The van der Waals surface area contributed by atoms with Crippen LogP contribution in [0.15, 0.2) is 41.9 Å². The van der Waals surface area contributed by atoms with E-state index < -0.39 is 0 Å². The molecular formula is C11H10N4S. The zero-order valence-electron chi connectivity index (χ0n) is 8.70. The predicted octanol–water partition coefficient (Wildman–Crippen LogP) is 2.02. The molecule has 0 N–H and O–H groups in total. The Labute approximate surface area is 98.0 Å². The fourth-order valence-corrected chi connectivity index (χ4v) is 1.93. The van der Waals surface area contributed by atoms with Crippen LogP contribution in [-0.2, 0) is 7.05 Å². The molecule has 0 atom stereocenters. The lowest BCUT2D eigenvalue weighted by atomic mass is 10.2. The van der Waals surface area contributed by atoms with Crippen molar-refractivity contribution in [2.45, 2.75) is 5.03 Å². The third-order valence-corrected chi connectivity index (χ3v) is 2.86. The lowest BCUT2D eigenvalue weighted by Crippen LogP contribution is -1.87. The van der Waals surface area contributed by atoms with Crippen molar-refractivity contribution in [1.82, 2.24) is 19.2 Å². The second kappa shape index (κ2) is 3.38. The van der Waals surface area contributed by atoms with Crippen LogP contribution < -0.4 is 0 Å². The maximum Gasteiger partial charge on any atom is 0.137 e. The van der Waals surface area contributed by atoms with Gasteiger partial charge in [-0.1, -0.05) is 0 Å². The van der Waals surface area contributed by atoms with E-state index in [1.165, 1.54) is 0 Å². The van der Waals surface area contributed by atoms with Gasteiger partial charge >= 0.3 is 0 Å². The minimum Gasteiger partial charge on any atom is -0.294 e. The molecule has 0 saturated carbocycles. The van der Waals surface area contributed by atoms with Crippen LogP contribution in [0.5, 0.6) is 0 Å². The maximum atomic E-state index is 4.35. The van der Waals surface area contributed by atoms with Crippen LogP contribution >= 0.6 is 12.6 Å². The highest BCUT2D eigenvalue weighted by Gasteiger charge is 2.04.